The Morgan fingerprint density at radius 3 is 2.89 bits per heavy atom. The average molecular weight is 367 g/mol. The van der Waals surface area contributed by atoms with Gasteiger partial charge >= 0.3 is 0 Å². The average Bonchev–Trinajstić information content (AvgIpc) is 2.69. The van der Waals surface area contributed by atoms with Crippen LogP contribution in [0.3, 0.4) is 0 Å². The summed E-state index contributed by atoms with van der Waals surface area (Å²) in [6, 6.07) is 12.6. The van der Waals surface area contributed by atoms with Crippen LogP contribution < -0.4 is 10.2 Å². The van der Waals surface area contributed by atoms with Crippen molar-refractivity contribution in [3.8, 4) is 0 Å². The molecule has 3 rings (SSSR count). The van der Waals surface area contributed by atoms with E-state index >= 15 is 0 Å². The molecule has 2 aromatic rings. The first-order valence-electron chi connectivity index (χ1n) is 9.33. The molecular formula is C21H29N5O. The van der Waals surface area contributed by atoms with Crippen molar-refractivity contribution in [1.82, 2.24) is 15.2 Å². The van der Waals surface area contributed by atoms with Crippen molar-refractivity contribution in [2.24, 2.45) is 4.99 Å². The Morgan fingerprint density at radius 1 is 1.33 bits per heavy atom. The molecule has 2 heterocycles. The van der Waals surface area contributed by atoms with Crippen molar-refractivity contribution >= 4 is 11.8 Å². The second-order valence-corrected chi connectivity index (χ2v) is 6.98. The van der Waals surface area contributed by atoms with E-state index in [1.54, 1.807) is 0 Å². The number of hydrogen-bond donors (Lipinski definition) is 1. The maximum atomic E-state index is 6.04. The fourth-order valence-corrected chi connectivity index (χ4v) is 3.31. The number of aromatic nitrogens is 1. The molecule has 6 nitrogen and oxygen atoms in total. The minimum absolute atomic E-state index is 0.0692. The molecule has 0 bridgehead atoms. The molecular weight excluding hydrogens is 338 g/mol. The first-order valence-corrected chi connectivity index (χ1v) is 9.33. The molecule has 1 unspecified atom stereocenters. The number of nitrogens with one attached hydrogen (secondary N) is 1. The van der Waals surface area contributed by atoms with Crippen LogP contribution in [0, 0.1) is 6.92 Å². The molecule has 1 aliphatic rings. The van der Waals surface area contributed by atoms with E-state index in [9.17, 15) is 0 Å². The smallest absolute Gasteiger partial charge is 0.194 e. The molecule has 0 aliphatic carbocycles. The van der Waals surface area contributed by atoms with Crippen molar-refractivity contribution in [1.29, 1.82) is 0 Å². The molecule has 6 heteroatoms. The number of morpholine rings is 1. The van der Waals surface area contributed by atoms with Crippen molar-refractivity contribution in [2.45, 2.75) is 19.6 Å². The normalized spacial score (nSPS) is 17.7. The topological polar surface area (TPSA) is 53.0 Å². The Balaban J connectivity index is 1.65. The van der Waals surface area contributed by atoms with Gasteiger partial charge in [-0.25, -0.2) is 4.98 Å². The van der Waals surface area contributed by atoms with Crippen molar-refractivity contribution in [2.75, 3.05) is 45.7 Å². The molecule has 0 saturated carbocycles. The van der Waals surface area contributed by atoms with Gasteiger partial charge in [-0.05, 0) is 35.7 Å². The lowest BCUT2D eigenvalue weighted by molar-refractivity contribution is -0.00833. The molecule has 1 atom stereocenters. The third-order valence-electron chi connectivity index (χ3n) is 4.83. The van der Waals surface area contributed by atoms with Gasteiger partial charge in [-0.1, -0.05) is 24.3 Å². The molecule has 1 fully saturated rings. The summed E-state index contributed by atoms with van der Waals surface area (Å²) in [4.78, 5) is 13.1. The third kappa shape index (κ3) is 4.77. The summed E-state index contributed by atoms with van der Waals surface area (Å²) < 4.78 is 6.04. The summed E-state index contributed by atoms with van der Waals surface area (Å²) in [5, 5.41) is 3.48. The Hall–Kier alpha value is -2.60. The van der Waals surface area contributed by atoms with Crippen LogP contribution in [0.25, 0.3) is 0 Å². The van der Waals surface area contributed by atoms with E-state index in [0.717, 1.165) is 24.9 Å². The first-order chi connectivity index (χ1) is 13.1. The number of guanidine groups is 1. The standard InChI is InChI=1S/C21H29N5O/c1-16-7-5-6-8-18(16)19-15-26(11-12-27-19)21(22-2)24-14-17-9-10-23-20(13-17)25(3)4/h5-10,13,19H,11-12,14-15H2,1-4H3,(H,22,24). The second-order valence-electron chi connectivity index (χ2n) is 6.98. The Labute approximate surface area is 161 Å². The van der Waals surface area contributed by atoms with E-state index in [2.05, 4.69) is 57.4 Å². The Morgan fingerprint density at radius 2 is 2.15 bits per heavy atom. The van der Waals surface area contributed by atoms with Crippen LogP contribution in [0.4, 0.5) is 5.82 Å². The lowest BCUT2D eigenvalue weighted by atomic mass is 10.0. The molecule has 1 aromatic heterocycles. The van der Waals surface area contributed by atoms with E-state index in [1.807, 2.05) is 38.3 Å². The van der Waals surface area contributed by atoms with Gasteiger partial charge in [-0.15, -0.1) is 0 Å². The van der Waals surface area contributed by atoms with E-state index in [0.29, 0.717) is 13.2 Å². The largest absolute Gasteiger partial charge is 0.370 e. The highest BCUT2D eigenvalue weighted by atomic mass is 16.5. The maximum absolute atomic E-state index is 6.04. The summed E-state index contributed by atoms with van der Waals surface area (Å²) >= 11 is 0. The minimum atomic E-state index is 0.0692. The monoisotopic (exact) mass is 367 g/mol. The zero-order valence-electron chi connectivity index (χ0n) is 16.6. The van der Waals surface area contributed by atoms with Gasteiger partial charge in [0.15, 0.2) is 5.96 Å². The SMILES string of the molecule is CN=C(NCc1ccnc(N(C)C)c1)N1CCOC(c2ccccc2C)C1. The van der Waals surface area contributed by atoms with Gasteiger partial charge in [0, 0.05) is 40.4 Å². The van der Waals surface area contributed by atoms with Crippen LogP contribution in [-0.4, -0.2) is 56.7 Å². The zero-order valence-corrected chi connectivity index (χ0v) is 16.6. The summed E-state index contributed by atoms with van der Waals surface area (Å²) in [6.45, 7) is 5.17. The highest BCUT2D eigenvalue weighted by Gasteiger charge is 2.25. The number of pyridine rings is 1. The molecule has 1 saturated heterocycles. The number of nitrogens with zero attached hydrogens (tertiary/aromatic N) is 4. The molecule has 0 spiro atoms. The minimum Gasteiger partial charge on any atom is -0.370 e. The maximum Gasteiger partial charge on any atom is 0.194 e. The van der Waals surface area contributed by atoms with E-state index in [4.69, 9.17) is 4.74 Å². The van der Waals surface area contributed by atoms with E-state index in [-0.39, 0.29) is 6.10 Å². The number of ether oxygens (including phenoxy) is 1. The van der Waals surface area contributed by atoms with Crippen LogP contribution in [0.1, 0.15) is 22.8 Å². The second kappa shape index (κ2) is 8.86. The number of aliphatic imine (C=N–C) groups is 1. The quantitative estimate of drug-likeness (QED) is 0.665. The first kappa shape index (κ1) is 19.2. The van der Waals surface area contributed by atoms with Gasteiger partial charge in [0.25, 0.3) is 0 Å². The van der Waals surface area contributed by atoms with Crippen molar-refractivity contribution in [3.05, 3.63) is 59.3 Å². The lowest BCUT2D eigenvalue weighted by Crippen LogP contribution is -2.48. The van der Waals surface area contributed by atoms with Gasteiger partial charge in [0.1, 0.15) is 11.9 Å². The number of aryl methyl sites for hydroxylation is 1. The van der Waals surface area contributed by atoms with Gasteiger partial charge in [0.2, 0.25) is 0 Å². The lowest BCUT2D eigenvalue weighted by Gasteiger charge is -2.35. The third-order valence-corrected chi connectivity index (χ3v) is 4.83. The van der Waals surface area contributed by atoms with Gasteiger partial charge in [-0.3, -0.25) is 4.99 Å². The van der Waals surface area contributed by atoms with Gasteiger partial charge in [0.05, 0.1) is 13.2 Å². The number of anilines is 1. The van der Waals surface area contributed by atoms with Gasteiger partial charge in [-0.2, -0.15) is 0 Å². The Bertz CT molecular complexity index is 790. The van der Waals surface area contributed by atoms with Crippen LogP contribution in [-0.2, 0) is 11.3 Å². The zero-order chi connectivity index (χ0) is 19.2. The highest BCUT2D eigenvalue weighted by molar-refractivity contribution is 5.80. The van der Waals surface area contributed by atoms with Crippen molar-refractivity contribution < 1.29 is 4.74 Å². The molecule has 0 radical (unpaired) electrons. The summed E-state index contributed by atoms with van der Waals surface area (Å²) in [5.74, 6) is 1.86. The predicted molar refractivity (Wildman–Crippen MR) is 110 cm³/mol. The van der Waals surface area contributed by atoms with E-state index < -0.39 is 0 Å². The molecule has 1 N–H and O–H groups in total. The molecule has 1 aromatic carbocycles. The highest BCUT2D eigenvalue weighted by Crippen LogP contribution is 2.25. The number of hydrogen-bond acceptors (Lipinski definition) is 4. The Kier molecular flexibility index (Phi) is 6.29. The molecule has 1 aliphatic heterocycles. The molecule has 0 amide bonds. The van der Waals surface area contributed by atoms with Crippen LogP contribution in [0.5, 0.6) is 0 Å². The summed E-state index contributed by atoms with van der Waals surface area (Å²) in [7, 11) is 5.83. The number of benzene rings is 1. The van der Waals surface area contributed by atoms with Crippen LogP contribution in [0.15, 0.2) is 47.6 Å². The number of rotatable bonds is 4. The van der Waals surface area contributed by atoms with Crippen LogP contribution in [0.2, 0.25) is 0 Å². The van der Waals surface area contributed by atoms with Crippen molar-refractivity contribution in [3.63, 3.8) is 0 Å². The summed E-state index contributed by atoms with van der Waals surface area (Å²) in [5.41, 5.74) is 3.70. The summed E-state index contributed by atoms with van der Waals surface area (Å²) in [6.07, 6.45) is 1.91. The fourth-order valence-electron chi connectivity index (χ4n) is 3.31. The molecule has 27 heavy (non-hydrogen) atoms. The predicted octanol–water partition coefficient (Wildman–Crippen LogP) is 2.60. The van der Waals surface area contributed by atoms with Gasteiger partial charge < -0.3 is 19.9 Å². The van der Waals surface area contributed by atoms with E-state index in [1.165, 1.54) is 16.7 Å². The van der Waals surface area contributed by atoms with Crippen LogP contribution >= 0.6 is 0 Å². The fraction of sp³-hybridized carbons (Fsp3) is 0.429. The molecule has 144 valence electrons.